The number of aromatic amines is 1. The van der Waals surface area contributed by atoms with Crippen LogP contribution in [-0.2, 0) is 6.54 Å². The van der Waals surface area contributed by atoms with Crippen molar-refractivity contribution in [3.8, 4) is 23.5 Å². The second-order valence-electron chi connectivity index (χ2n) is 15.8. The Bertz CT molecular complexity index is 3270. The number of likely N-dealkylation sites (tertiary alicyclic amines) is 2. The molecule has 0 spiro atoms. The molecule has 65 heavy (non-hydrogen) atoms. The van der Waals surface area contributed by atoms with Crippen molar-refractivity contribution < 1.29 is 9.85 Å². The molecule has 4 aromatic carbocycles. The summed E-state index contributed by atoms with van der Waals surface area (Å²) in [6.07, 6.45) is 5.17. The van der Waals surface area contributed by atoms with Gasteiger partial charge in [-0.25, -0.2) is 0 Å². The van der Waals surface area contributed by atoms with Gasteiger partial charge in [0.05, 0.1) is 37.4 Å². The van der Waals surface area contributed by atoms with E-state index in [9.17, 15) is 40.3 Å². The van der Waals surface area contributed by atoms with Crippen molar-refractivity contribution in [2.45, 2.75) is 32.2 Å². The van der Waals surface area contributed by atoms with Crippen molar-refractivity contribution in [1.29, 1.82) is 10.5 Å². The summed E-state index contributed by atoms with van der Waals surface area (Å²) in [7, 11) is 0. The smallest absolute Gasteiger partial charge is 0.273 e. The monoisotopic (exact) mass is 890 g/mol. The number of nitrogens with zero attached hydrogens (tertiary/aromatic N) is 9. The van der Waals surface area contributed by atoms with Crippen LogP contribution in [0.25, 0.3) is 55.2 Å². The molecule has 0 radical (unpaired) electrons. The van der Waals surface area contributed by atoms with Crippen molar-refractivity contribution in [3.63, 3.8) is 0 Å². The zero-order chi connectivity index (χ0) is 45.6. The van der Waals surface area contributed by atoms with E-state index in [1.165, 1.54) is 90.4 Å². The number of alkyl halides is 1. The second kappa shape index (κ2) is 19.4. The van der Waals surface area contributed by atoms with Crippen molar-refractivity contribution in [2.24, 2.45) is 0 Å². The van der Waals surface area contributed by atoms with Gasteiger partial charge < -0.3 is 19.4 Å². The molecule has 2 aliphatic rings. The van der Waals surface area contributed by atoms with Crippen LogP contribution in [0.5, 0.6) is 0 Å². The van der Waals surface area contributed by atoms with Crippen LogP contribution in [-0.4, -0.2) is 83.5 Å². The molecule has 2 saturated heterocycles. The maximum atomic E-state index is 13.2. The predicted molar refractivity (Wildman–Crippen MR) is 251 cm³/mol. The number of nitro benzene ring substituents is 2. The maximum absolute atomic E-state index is 13.2. The summed E-state index contributed by atoms with van der Waals surface area (Å²) in [5.74, 6) is 0.792. The number of benzene rings is 4. The summed E-state index contributed by atoms with van der Waals surface area (Å²) in [5.41, 5.74) is 4.60. The minimum Gasteiger partial charge on any atom is -0.353 e. The first kappa shape index (κ1) is 44.0. The molecule has 2 fully saturated rings. The average molecular weight is 891 g/mol. The summed E-state index contributed by atoms with van der Waals surface area (Å²) in [5, 5.41) is 42.6. The fraction of sp³-hybridized carbons (Fsp3) is 0.250. The highest BCUT2D eigenvalue weighted by Gasteiger charge is 2.21. The number of rotatable bonds is 9. The van der Waals surface area contributed by atoms with Crippen molar-refractivity contribution in [2.75, 3.05) is 45.1 Å². The number of hydrogen-bond donors (Lipinski definition) is 1. The number of H-pyrrole nitrogens is 1. The number of para-hydroxylation sites is 2. The molecule has 2 aliphatic heterocycles. The van der Waals surface area contributed by atoms with E-state index in [4.69, 9.17) is 11.6 Å². The van der Waals surface area contributed by atoms with Crippen LogP contribution >= 0.6 is 11.6 Å². The van der Waals surface area contributed by atoms with Crippen LogP contribution in [0.2, 0.25) is 0 Å². The van der Waals surface area contributed by atoms with E-state index < -0.39 is 21.0 Å². The number of fused-ring (bicyclic) bond motifs is 6. The Morgan fingerprint density at radius 1 is 0.585 bits per heavy atom. The van der Waals surface area contributed by atoms with Crippen LogP contribution in [0.1, 0.15) is 36.8 Å². The van der Waals surface area contributed by atoms with E-state index in [-0.39, 0.29) is 22.5 Å². The van der Waals surface area contributed by atoms with E-state index in [2.05, 4.69) is 19.4 Å². The Hall–Kier alpha value is -7.63. The molecule has 0 atom stereocenters. The molecule has 17 heteroatoms. The van der Waals surface area contributed by atoms with Gasteiger partial charge in [0.25, 0.3) is 22.5 Å². The lowest BCUT2D eigenvalue weighted by atomic mass is 10.2. The first-order valence-electron chi connectivity index (χ1n) is 21.3. The maximum Gasteiger partial charge on any atom is 0.273 e. The highest BCUT2D eigenvalue weighted by molar-refractivity contribution is 6.18. The Kier molecular flexibility index (Phi) is 13.1. The highest BCUT2D eigenvalue weighted by atomic mass is 35.5. The molecule has 0 aliphatic carbocycles. The lowest BCUT2D eigenvalue weighted by Gasteiger charge is -2.16. The predicted octanol–water partition coefficient (Wildman–Crippen LogP) is 8.39. The van der Waals surface area contributed by atoms with Gasteiger partial charge in [0, 0.05) is 77.4 Å². The van der Waals surface area contributed by atoms with Gasteiger partial charge in [-0.2, -0.15) is 10.5 Å². The number of pyridine rings is 2. The average Bonchev–Trinajstić information content (AvgIpc) is 4.16. The van der Waals surface area contributed by atoms with E-state index in [1.54, 1.807) is 18.2 Å². The first-order chi connectivity index (χ1) is 31.6. The number of aromatic nitrogens is 4. The van der Waals surface area contributed by atoms with Gasteiger partial charge in [-0.1, -0.05) is 36.4 Å². The summed E-state index contributed by atoms with van der Waals surface area (Å²) in [6.45, 7) is 7.45. The normalized spacial score (nSPS) is 13.9. The van der Waals surface area contributed by atoms with Gasteiger partial charge in [-0.15, -0.1) is 11.6 Å². The number of halogens is 1. The number of nitrogens with one attached hydrogen (secondary N) is 1. The molecular weight excluding hydrogens is 848 g/mol. The molecule has 1 N–H and O–H groups in total. The van der Waals surface area contributed by atoms with Crippen LogP contribution in [0.4, 0.5) is 11.4 Å². The number of nitro groups is 2. The summed E-state index contributed by atoms with van der Waals surface area (Å²) < 4.78 is 5.09. The van der Waals surface area contributed by atoms with Crippen LogP contribution in [0, 0.1) is 42.9 Å². The van der Waals surface area contributed by atoms with Crippen molar-refractivity contribution in [1.82, 2.24) is 28.5 Å². The van der Waals surface area contributed by atoms with Crippen molar-refractivity contribution >= 4 is 66.8 Å². The summed E-state index contributed by atoms with van der Waals surface area (Å²) >= 11 is 5.54. The van der Waals surface area contributed by atoms with Crippen molar-refractivity contribution in [3.05, 3.63) is 161 Å². The molecule has 0 unspecified atom stereocenters. The van der Waals surface area contributed by atoms with Crippen LogP contribution in [0.15, 0.2) is 119 Å². The SMILES string of the molecule is ClCCN1CCCC1.N#Cc1cc2[nH]c3ccccc3c2n(-c2ccc([N+](=O)[O-])cc2)c1=O.N#Cc1cc2c(c3ccccc3n2CCN2CCCC2)n(-c2ccc([N+](=O)[O-])cc2)c1=O. The third kappa shape index (κ3) is 8.96. The number of hydrogen-bond acceptors (Lipinski definition) is 10. The highest BCUT2D eigenvalue weighted by Crippen LogP contribution is 2.32. The first-order valence-corrected chi connectivity index (χ1v) is 21.8. The van der Waals surface area contributed by atoms with Gasteiger partial charge in [-0.3, -0.25) is 39.0 Å². The molecular formula is C48H43ClN10O6. The largest absolute Gasteiger partial charge is 0.353 e. The van der Waals surface area contributed by atoms with E-state index >= 15 is 0 Å². The lowest BCUT2D eigenvalue weighted by Crippen LogP contribution is -2.24. The third-order valence-corrected chi connectivity index (χ3v) is 12.1. The Balaban J connectivity index is 0.000000155. The second-order valence-corrected chi connectivity index (χ2v) is 16.2. The molecule has 10 rings (SSSR count). The van der Waals surface area contributed by atoms with Gasteiger partial charge in [0.2, 0.25) is 0 Å². The van der Waals surface area contributed by atoms with Gasteiger partial charge in [-0.05, 0) is 100 Å². The van der Waals surface area contributed by atoms with E-state index in [0.29, 0.717) is 27.9 Å². The van der Waals surface area contributed by atoms with Gasteiger partial charge >= 0.3 is 0 Å². The zero-order valence-electron chi connectivity index (χ0n) is 35.2. The zero-order valence-corrected chi connectivity index (χ0v) is 36.0. The summed E-state index contributed by atoms with van der Waals surface area (Å²) in [4.78, 5) is 55.0. The van der Waals surface area contributed by atoms with Gasteiger partial charge in [0.1, 0.15) is 23.3 Å². The fourth-order valence-electron chi connectivity index (χ4n) is 8.74. The fourth-order valence-corrected chi connectivity index (χ4v) is 8.98. The Morgan fingerprint density at radius 3 is 1.62 bits per heavy atom. The minimum absolute atomic E-state index is 0.00240. The Labute approximate surface area is 376 Å². The van der Waals surface area contributed by atoms with Gasteiger partial charge in [0.15, 0.2) is 0 Å². The Morgan fingerprint density at radius 2 is 1.08 bits per heavy atom. The number of non-ortho nitro benzene ring substituents is 2. The standard InChI is InChI=1S/C24H21N5O3.C18H10N4O3.C6H12ClN/c25-16-17-15-22-23(28(24(17)30)18-7-9-19(10-8-18)29(31)32)20-5-1-2-6-21(20)27(22)14-13-26-11-3-4-12-26;19-10-11-9-16-17(14-3-1-2-4-15(14)20-16)21(18(11)23)12-5-7-13(8-6-12)22(24)25;7-3-6-8-4-1-2-5-8/h1-2,5-10,15H,3-4,11-14H2;1-9,20H;1-6H2. The molecule has 0 bridgehead atoms. The lowest BCUT2D eigenvalue weighted by molar-refractivity contribution is -0.385. The molecule has 4 aromatic heterocycles. The molecule has 0 amide bonds. The number of nitriles is 2. The van der Waals surface area contributed by atoms with Crippen LogP contribution < -0.4 is 11.1 Å². The minimum atomic E-state index is -0.500. The summed E-state index contributed by atoms with van der Waals surface area (Å²) in [6, 6.07) is 34.0. The molecule has 8 aromatic rings. The quantitative estimate of drug-likeness (QED) is 0.0832. The third-order valence-electron chi connectivity index (χ3n) is 11.9. The van der Waals surface area contributed by atoms with E-state index in [0.717, 1.165) is 65.9 Å². The molecule has 6 heterocycles. The van der Waals surface area contributed by atoms with E-state index in [1.807, 2.05) is 60.7 Å². The molecule has 0 saturated carbocycles. The molecule has 328 valence electrons. The topological polar surface area (TPSA) is 205 Å². The molecule has 16 nitrogen and oxygen atoms in total. The van der Waals surface area contributed by atoms with Crippen LogP contribution in [0.3, 0.4) is 0 Å².